The minimum Gasteiger partial charge on any atom is -0.496 e. The molecule has 0 atom stereocenters. The van der Waals surface area contributed by atoms with Crippen LogP contribution in [0.25, 0.3) is 6.08 Å². The summed E-state index contributed by atoms with van der Waals surface area (Å²) in [7, 11) is 1.59. The lowest BCUT2D eigenvalue weighted by molar-refractivity contribution is 0.414. The van der Waals surface area contributed by atoms with E-state index in [0.717, 1.165) is 11.3 Å². The van der Waals surface area contributed by atoms with E-state index in [2.05, 4.69) is 5.43 Å². The number of rotatable bonds is 5. The van der Waals surface area contributed by atoms with Crippen molar-refractivity contribution in [2.24, 2.45) is 11.6 Å². The van der Waals surface area contributed by atoms with E-state index in [4.69, 9.17) is 37.3 Å². The summed E-state index contributed by atoms with van der Waals surface area (Å²) in [5.74, 6) is 6.26. The van der Waals surface area contributed by atoms with E-state index in [1.807, 2.05) is 26.0 Å². The van der Waals surface area contributed by atoms with Crippen LogP contribution >= 0.6 is 0 Å². The van der Waals surface area contributed by atoms with E-state index >= 15 is 0 Å². The third-order valence-corrected chi connectivity index (χ3v) is 2.27. The van der Waals surface area contributed by atoms with Gasteiger partial charge in [-0.2, -0.15) is 0 Å². The van der Waals surface area contributed by atoms with E-state index in [1.165, 1.54) is 13.8 Å². The molecule has 0 bridgehead atoms. The van der Waals surface area contributed by atoms with E-state index < -0.39 is 0 Å². The lowest BCUT2D eigenvalue weighted by Crippen LogP contribution is -2.07. The molecule has 25 heavy (non-hydrogen) atoms. The number of nitrogens with one attached hydrogen (secondary N) is 4. The first kappa shape index (κ1) is 24.4. The molecule has 1 aromatic rings. The zero-order chi connectivity index (χ0) is 19.8. The molecule has 8 nitrogen and oxygen atoms in total. The van der Waals surface area contributed by atoms with Crippen LogP contribution < -0.4 is 21.7 Å². The SMILES string of the molecule is CC.CC(=N)N.COc1ccc(NN)cc1/C=C/CC(=N)OC(C)=N. The average Bonchev–Trinajstić information content (AvgIpc) is 2.55. The van der Waals surface area contributed by atoms with Crippen LogP contribution in [0, 0.1) is 16.2 Å². The van der Waals surface area contributed by atoms with E-state index in [9.17, 15) is 0 Å². The van der Waals surface area contributed by atoms with Crippen LogP contribution in [0.4, 0.5) is 5.69 Å². The first-order valence-electron chi connectivity index (χ1n) is 7.72. The van der Waals surface area contributed by atoms with Gasteiger partial charge in [-0.15, -0.1) is 0 Å². The highest BCUT2D eigenvalue weighted by Gasteiger charge is 2.01. The van der Waals surface area contributed by atoms with E-state index in [1.54, 1.807) is 25.3 Å². The van der Waals surface area contributed by atoms with Gasteiger partial charge in [-0.05, 0) is 25.1 Å². The van der Waals surface area contributed by atoms with Crippen LogP contribution in [-0.4, -0.2) is 24.7 Å². The lowest BCUT2D eigenvalue weighted by atomic mass is 10.1. The van der Waals surface area contributed by atoms with Gasteiger partial charge in [0.15, 0.2) is 11.8 Å². The Morgan fingerprint density at radius 2 is 1.76 bits per heavy atom. The number of amidine groups is 1. The molecule has 140 valence electrons. The van der Waals surface area contributed by atoms with Crippen molar-refractivity contribution in [3.8, 4) is 5.75 Å². The highest BCUT2D eigenvalue weighted by molar-refractivity contribution is 5.88. The molecule has 0 heterocycles. The van der Waals surface area contributed by atoms with E-state index in [-0.39, 0.29) is 17.6 Å². The molecular formula is C17H30N6O2. The topological polar surface area (TPSA) is 154 Å². The predicted molar refractivity (Wildman–Crippen MR) is 106 cm³/mol. The second-order valence-corrected chi connectivity index (χ2v) is 4.47. The molecule has 0 aliphatic heterocycles. The summed E-state index contributed by atoms with van der Waals surface area (Å²) >= 11 is 0. The third kappa shape index (κ3) is 13.3. The summed E-state index contributed by atoms with van der Waals surface area (Å²) in [5, 5.41) is 20.9. The Morgan fingerprint density at radius 3 is 2.20 bits per heavy atom. The van der Waals surface area contributed by atoms with Crippen LogP contribution in [-0.2, 0) is 4.74 Å². The number of nitrogen functional groups attached to an aromatic ring is 1. The first-order chi connectivity index (χ1) is 11.8. The van der Waals surface area contributed by atoms with Crippen molar-refractivity contribution < 1.29 is 9.47 Å². The normalized spacial score (nSPS) is 9.04. The summed E-state index contributed by atoms with van der Waals surface area (Å²) in [5.41, 5.74) is 8.86. The summed E-state index contributed by atoms with van der Waals surface area (Å²) in [6.45, 7) is 7.01. The molecule has 0 aromatic heterocycles. The van der Waals surface area contributed by atoms with Gasteiger partial charge in [0.1, 0.15) is 5.75 Å². The number of nitrogens with two attached hydrogens (primary N) is 2. The van der Waals surface area contributed by atoms with Crippen LogP contribution in [0.1, 0.15) is 39.7 Å². The largest absolute Gasteiger partial charge is 0.496 e. The minimum absolute atomic E-state index is 0.00492. The maximum absolute atomic E-state index is 7.48. The molecular weight excluding hydrogens is 320 g/mol. The van der Waals surface area contributed by atoms with Gasteiger partial charge in [-0.3, -0.25) is 22.1 Å². The Bertz CT molecular complexity index is 581. The van der Waals surface area contributed by atoms with Gasteiger partial charge in [-0.25, -0.2) is 0 Å². The Hall–Kier alpha value is -2.87. The number of benzene rings is 1. The maximum atomic E-state index is 7.48. The quantitative estimate of drug-likeness (QED) is 0.208. The fourth-order valence-corrected chi connectivity index (χ4v) is 1.47. The van der Waals surface area contributed by atoms with Crippen LogP contribution in [0.2, 0.25) is 0 Å². The van der Waals surface area contributed by atoms with Gasteiger partial charge in [0, 0.05) is 24.6 Å². The van der Waals surface area contributed by atoms with Crippen molar-refractivity contribution in [2.45, 2.75) is 34.1 Å². The molecule has 8 N–H and O–H groups in total. The van der Waals surface area contributed by atoms with Gasteiger partial charge in [0.2, 0.25) is 0 Å². The predicted octanol–water partition coefficient (Wildman–Crippen LogP) is 3.34. The van der Waals surface area contributed by atoms with Gasteiger partial charge < -0.3 is 20.6 Å². The number of hydrazine groups is 1. The van der Waals surface area contributed by atoms with Crippen LogP contribution in [0.5, 0.6) is 5.75 Å². The maximum Gasteiger partial charge on any atom is 0.192 e. The fourth-order valence-electron chi connectivity index (χ4n) is 1.47. The van der Waals surface area contributed by atoms with Gasteiger partial charge >= 0.3 is 0 Å². The minimum atomic E-state index is 0.00492. The molecule has 0 saturated carbocycles. The Morgan fingerprint density at radius 1 is 1.20 bits per heavy atom. The zero-order valence-electron chi connectivity index (χ0n) is 15.6. The first-order valence-corrected chi connectivity index (χ1v) is 7.72. The molecule has 0 amide bonds. The number of hydrogen-bond donors (Lipinski definition) is 6. The molecule has 1 aromatic carbocycles. The number of methoxy groups -OCH3 is 1. The van der Waals surface area contributed by atoms with Crippen molar-refractivity contribution in [1.82, 2.24) is 0 Å². The van der Waals surface area contributed by atoms with Crippen molar-refractivity contribution in [2.75, 3.05) is 12.5 Å². The second-order valence-electron chi connectivity index (χ2n) is 4.47. The molecule has 0 radical (unpaired) electrons. The summed E-state index contributed by atoms with van der Waals surface area (Å²) in [4.78, 5) is 0. The number of ether oxygens (including phenoxy) is 2. The van der Waals surface area contributed by atoms with Crippen molar-refractivity contribution in [1.29, 1.82) is 16.2 Å². The van der Waals surface area contributed by atoms with Gasteiger partial charge in [0.05, 0.1) is 12.9 Å². The molecule has 0 aliphatic carbocycles. The van der Waals surface area contributed by atoms with Gasteiger partial charge in [-0.1, -0.05) is 26.0 Å². The summed E-state index contributed by atoms with van der Waals surface area (Å²) in [6.07, 6.45) is 3.89. The highest BCUT2D eigenvalue weighted by atomic mass is 16.5. The average molecular weight is 350 g/mol. The van der Waals surface area contributed by atoms with Crippen LogP contribution in [0.3, 0.4) is 0 Å². The number of hydrogen-bond acceptors (Lipinski definition) is 7. The fraction of sp³-hybridized carbons (Fsp3) is 0.353. The monoisotopic (exact) mass is 350 g/mol. The molecule has 1 rings (SSSR count). The third-order valence-electron chi connectivity index (χ3n) is 2.27. The molecule has 0 unspecified atom stereocenters. The molecule has 0 aliphatic rings. The highest BCUT2D eigenvalue weighted by Crippen LogP contribution is 2.23. The Labute approximate surface area is 149 Å². The summed E-state index contributed by atoms with van der Waals surface area (Å²) < 4.78 is 10.1. The molecule has 0 fully saturated rings. The standard InChI is InChI=1S/C13H18N4O2.C2H6N2.C2H6/c1-9(14)19-13(15)5-3-4-10-8-11(17-16)6-7-12(10)18-2;1-2(3)4;1-2/h3-4,6-8,14-15,17H,5,16H2,1-2H3;1H3,(H3,3,4);1-2H3/b4-3+,14-9?,15-13?;;. The molecule has 0 spiro atoms. The molecule has 8 heteroatoms. The summed E-state index contributed by atoms with van der Waals surface area (Å²) in [6, 6.07) is 5.44. The van der Waals surface area contributed by atoms with Crippen molar-refractivity contribution >= 4 is 29.4 Å². The zero-order valence-corrected chi connectivity index (χ0v) is 15.6. The van der Waals surface area contributed by atoms with Gasteiger partial charge in [0.25, 0.3) is 0 Å². The van der Waals surface area contributed by atoms with Crippen molar-refractivity contribution in [3.63, 3.8) is 0 Å². The lowest BCUT2D eigenvalue weighted by Gasteiger charge is -2.07. The Kier molecular flexibility index (Phi) is 14.3. The Balaban J connectivity index is 0. The number of anilines is 1. The van der Waals surface area contributed by atoms with Crippen LogP contribution in [0.15, 0.2) is 24.3 Å². The van der Waals surface area contributed by atoms with E-state index in [0.29, 0.717) is 12.2 Å². The van der Waals surface area contributed by atoms with Crippen molar-refractivity contribution in [3.05, 3.63) is 29.8 Å². The molecule has 0 saturated heterocycles. The smallest absolute Gasteiger partial charge is 0.192 e. The second kappa shape index (κ2) is 14.7.